The maximum absolute atomic E-state index is 13.8. The fraction of sp³-hybridized carbons (Fsp3) is 0.0526. The Bertz CT molecular complexity index is 979. The molecule has 1 aromatic heterocycles. The van der Waals surface area contributed by atoms with Gasteiger partial charge in [-0.1, -0.05) is 11.6 Å². The molecule has 1 heterocycles. The number of halogens is 4. The molecule has 0 radical (unpaired) electrons. The van der Waals surface area contributed by atoms with Gasteiger partial charge < -0.3 is 15.4 Å². The Labute approximate surface area is 169 Å². The fourth-order valence-electron chi connectivity index (χ4n) is 2.26. The standard InChI is InChI=1S/C19H13ClF3N3OS/c20-11-3-5-13(6-4-11)25-19(28)26-18-17(2-1-7-24-18)27-10-14-15(22)8-12(21)9-16(14)23/h1-9H,10H2,(H2,24,25,26,28). The third-order valence-electron chi connectivity index (χ3n) is 3.58. The molecule has 144 valence electrons. The number of hydrogen-bond donors (Lipinski definition) is 2. The number of benzene rings is 2. The van der Waals surface area contributed by atoms with Crippen LogP contribution in [0, 0.1) is 17.5 Å². The molecule has 0 saturated heterocycles. The van der Waals surface area contributed by atoms with Crippen LogP contribution in [0.5, 0.6) is 5.75 Å². The number of rotatable bonds is 5. The molecule has 0 unspecified atom stereocenters. The lowest BCUT2D eigenvalue weighted by Crippen LogP contribution is -2.20. The predicted octanol–water partition coefficient (Wildman–Crippen LogP) is 5.54. The molecule has 2 aromatic carbocycles. The second kappa shape index (κ2) is 8.90. The number of ether oxygens (including phenoxy) is 1. The van der Waals surface area contributed by atoms with Gasteiger partial charge in [0.1, 0.15) is 24.1 Å². The normalized spacial score (nSPS) is 10.4. The number of aromatic nitrogens is 1. The number of nitrogens with zero attached hydrogens (tertiary/aromatic N) is 1. The lowest BCUT2D eigenvalue weighted by atomic mass is 10.2. The first-order valence-electron chi connectivity index (χ1n) is 7.97. The predicted molar refractivity (Wildman–Crippen MR) is 106 cm³/mol. The van der Waals surface area contributed by atoms with Crippen molar-refractivity contribution in [2.75, 3.05) is 10.6 Å². The zero-order chi connectivity index (χ0) is 20.1. The van der Waals surface area contributed by atoms with Gasteiger partial charge in [0.25, 0.3) is 0 Å². The van der Waals surface area contributed by atoms with Gasteiger partial charge in [-0.2, -0.15) is 0 Å². The Morgan fingerprint density at radius 3 is 2.39 bits per heavy atom. The summed E-state index contributed by atoms with van der Waals surface area (Å²) in [5.74, 6) is -2.60. The molecule has 0 aliphatic carbocycles. The summed E-state index contributed by atoms with van der Waals surface area (Å²) in [6.45, 7) is -0.449. The molecule has 0 spiro atoms. The van der Waals surface area contributed by atoms with Crippen LogP contribution in [0.2, 0.25) is 5.02 Å². The molecule has 2 N–H and O–H groups in total. The third-order valence-corrected chi connectivity index (χ3v) is 4.04. The minimum Gasteiger partial charge on any atom is -0.485 e. The van der Waals surface area contributed by atoms with Crippen LogP contribution in [0.25, 0.3) is 0 Å². The van der Waals surface area contributed by atoms with Gasteiger partial charge in [0.15, 0.2) is 16.7 Å². The molecule has 3 rings (SSSR count). The maximum Gasteiger partial charge on any atom is 0.176 e. The van der Waals surface area contributed by atoms with Crippen LogP contribution < -0.4 is 15.4 Å². The smallest absolute Gasteiger partial charge is 0.176 e. The molecule has 9 heteroatoms. The quantitative estimate of drug-likeness (QED) is 0.527. The van der Waals surface area contributed by atoms with Gasteiger partial charge in [-0.3, -0.25) is 0 Å². The van der Waals surface area contributed by atoms with E-state index in [1.165, 1.54) is 6.20 Å². The van der Waals surface area contributed by atoms with E-state index >= 15 is 0 Å². The summed E-state index contributed by atoms with van der Waals surface area (Å²) >= 11 is 11.1. The highest BCUT2D eigenvalue weighted by Crippen LogP contribution is 2.24. The van der Waals surface area contributed by atoms with Crippen LogP contribution in [0.4, 0.5) is 24.7 Å². The monoisotopic (exact) mass is 423 g/mol. The highest BCUT2D eigenvalue weighted by Gasteiger charge is 2.14. The highest BCUT2D eigenvalue weighted by molar-refractivity contribution is 7.80. The molecule has 0 aliphatic heterocycles. The van der Waals surface area contributed by atoms with E-state index < -0.39 is 29.6 Å². The van der Waals surface area contributed by atoms with Gasteiger partial charge in [0.2, 0.25) is 0 Å². The number of pyridine rings is 1. The van der Waals surface area contributed by atoms with Gasteiger partial charge in [-0.05, 0) is 48.6 Å². The van der Waals surface area contributed by atoms with Crippen LogP contribution in [0.15, 0.2) is 54.7 Å². The second-order valence-corrected chi connectivity index (χ2v) is 6.42. The van der Waals surface area contributed by atoms with Gasteiger partial charge in [0.05, 0.1) is 5.56 Å². The van der Waals surface area contributed by atoms with Crippen molar-refractivity contribution in [3.63, 3.8) is 0 Å². The van der Waals surface area contributed by atoms with Crippen LogP contribution in [0.1, 0.15) is 5.56 Å². The molecule has 0 atom stereocenters. The highest BCUT2D eigenvalue weighted by atomic mass is 35.5. The largest absolute Gasteiger partial charge is 0.485 e. The van der Waals surface area contributed by atoms with E-state index in [0.717, 1.165) is 0 Å². The average molecular weight is 424 g/mol. The fourth-order valence-corrected chi connectivity index (χ4v) is 2.60. The molecule has 0 fully saturated rings. The van der Waals surface area contributed by atoms with Crippen molar-refractivity contribution in [1.29, 1.82) is 0 Å². The van der Waals surface area contributed by atoms with E-state index in [9.17, 15) is 13.2 Å². The van der Waals surface area contributed by atoms with E-state index in [1.54, 1.807) is 36.4 Å². The second-order valence-electron chi connectivity index (χ2n) is 5.57. The van der Waals surface area contributed by atoms with Crippen molar-refractivity contribution in [1.82, 2.24) is 4.98 Å². The van der Waals surface area contributed by atoms with Crippen LogP contribution in [-0.2, 0) is 6.61 Å². The Kier molecular flexibility index (Phi) is 6.33. The van der Waals surface area contributed by atoms with Crippen molar-refractivity contribution in [2.45, 2.75) is 6.61 Å². The Balaban J connectivity index is 1.69. The van der Waals surface area contributed by atoms with Crippen molar-refractivity contribution in [3.8, 4) is 5.75 Å². The molecule has 28 heavy (non-hydrogen) atoms. The van der Waals surface area contributed by atoms with Crippen molar-refractivity contribution in [2.24, 2.45) is 0 Å². The van der Waals surface area contributed by atoms with E-state index in [-0.39, 0.29) is 16.7 Å². The zero-order valence-corrected chi connectivity index (χ0v) is 15.8. The lowest BCUT2D eigenvalue weighted by molar-refractivity contribution is 0.292. The van der Waals surface area contributed by atoms with Gasteiger partial charge in [-0.15, -0.1) is 0 Å². The maximum atomic E-state index is 13.8. The topological polar surface area (TPSA) is 46.2 Å². The summed E-state index contributed by atoms with van der Waals surface area (Å²) in [7, 11) is 0. The SMILES string of the molecule is Fc1cc(F)c(COc2cccnc2NC(=S)Nc2ccc(Cl)cc2)c(F)c1. The number of nitrogens with one attached hydrogen (secondary N) is 2. The summed E-state index contributed by atoms with van der Waals surface area (Å²) in [5, 5.41) is 6.61. The molecule has 0 bridgehead atoms. The molecule has 4 nitrogen and oxygen atoms in total. The zero-order valence-electron chi connectivity index (χ0n) is 14.2. The first-order chi connectivity index (χ1) is 13.4. The van der Waals surface area contributed by atoms with E-state index in [0.29, 0.717) is 22.8 Å². The number of anilines is 2. The van der Waals surface area contributed by atoms with Crippen LogP contribution >= 0.6 is 23.8 Å². The van der Waals surface area contributed by atoms with Gasteiger partial charge in [-0.25, -0.2) is 18.2 Å². The van der Waals surface area contributed by atoms with E-state index in [2.05, 4.69) is 15.6 Å². The minimum absolute atomic E-state index is 0.214. The third kappa shape index (κ3) is 5.11. The molecule has 0 saturated carbocycles. The van der Waals surface area contributed by atoms with Crippen LogP contribution in [0.3, 0.4) is 0 Å². The summed E-state index contributed by atoms with van der Waals surface area (Å²) in [6, 6.07) is 11.2. The lowest BCUT2D eigenvalue weighted by Gasteiger charge is -2.14. The van der Waals surface area contributed by atoms with Crippen molar-refractivity contribution in [3.05, 3.63) is 82.8 Å². The van der Waals surface area contributed by atoms with E-state index in [1.807, 2.05) is 0 Å². The molecule has 0 aliphatic rings. The first kappa shape index (κ1) is 19.9. The summed E-state index contributed by atoms with van der Waals surface area (Å²) < 4.78 is 46.0. The summed E-state index contributed by atoms with van der Waals surface area (Å²) in [5.41, 5.74) is 0.314. The Hall–Kier alpha value is -2.84. The Morgan fingerprint density at radius 2 is 1.71 bits per heavy atom. The van der Waals surface area contributed by atoms with E-state index in [4.69, 9.17) is 28.6 Å². The summed E-state index contributed by atoms with van der Waals surface area (Å²) in [4.78, 5) is 4.11. The average Bonchev–Trinajstić information content (AvgIpc) is 2.64. The minimum atomic E-state index is -1.03. The van der Waals surface area contributed by atoms with Gasteiger partial charge in [0, 0.05) is 29.0 Å². The first-order valence-corrected chi connectivity index (χ1v) is 8.76. The Morgan fingerprint density at radius 1 is 1.04 bits per heavy atom. The number of hydrogen-bond acceptors (Lipinski definition) is 3. The molecular formula is C19H13ClF3N3OS. The van der Waals surface area contributed by atoms with Crippen LogP contribution in [-0.4, -0.2) is 10.1 Å². The molecule has 0 amide bonds. The summed E-state index contributed by atoms with van der Waals surface area (Å²) in [6.07, 6.45) is 1.50. The van der Waals surface area contributed by atoms with Crippen molar-refractivity contribution < 1.29 is 17.9 Å². The van der Waals surface area contributed by atoms with Crippen molar-refractivity contribution >= 4 is 40.4 Å². The number of thiocarbonyl (C=S) groups is 1. The molecular weight excluding hydrogens is 411 g/mol. The van der Waals surface area contributed by atoms with Gasteiger partial charge >= 0.3 is 0 Å². The molecule has 3 aromatic rings.